The summed E-state index contributed by atoms with van der Waals surface area (Å²) >= 11 is 6.42. The topological polar surface area (TPSA) is 64.4 Å². The molecule has 136 valence electrons. The standard InChI is InChI=1S/C18H27ClN2O2.ClH/c1-13(2)11-16(20)17(22)21-12-18(7-9-23-10-8-18)14-5-3-4-6-15(14)19;/h3-6,13,16H,7-12,20H2,1-2H3,(H,21,22);1H/t16-;/m0./s1. The summed E-state index contributed by atoms with van der Waals surface area (Å²) in [4.78, 5) is 12.3. The number of hydrogen-bond acceptors (Lipinski definition) is 3. The first kappa shape index (κ1) is 21.2. The number of amides is 1. The van der Waals surface area contributed by atoms with Crippen molar-refractivity contribution in [3.05, 3.63) is 34.9 Å². The Morgan fingerprint density at radius 1 is 1.33 bits per heavy atom. The third-order valence-corrected chi connectivity index (χ3v) is 4.89. The van der Waals surface area contributed by atoms with Gasteiger partial charge in [-0.15, -0.1) is 12.4 Å². The van der Waals surface area contributed by atoms with E-state index in [9.17, 15) is 4.79 Å². The molecule has 1 aromatic carbocycles. The first-order chi connectivity index (χ1) is 10.9. The predicted octanol–water partition coefficient (Wildman–Crippen LogP) is 3.30. The number of carbonyl (C=O) groups is 1. The Morgan fingerprint density at radius 2 is 1.96 bits per heavy atom. The zero-order valence-corrected chi connectivity index (χ0v) is 16.0. The van der Waals surface area contributed by atoms with E-state index in [1.807, 2.05) is 24.3 Å². The highest BCUT2D eigenvalue weighted by atomic mass is 35.5. The van der Waals surface area contributed by atoms with E-state index in [0.717, 1.165) is 23.4 Å². The quantitative estimate of drug-likeness (QED) is 0.802. The molecular weight excluding hydrogens is 347 g/mol. The zero-order valence-electron chi connectivity index (χ0n) is 14.4. The van der Waals surface area contributed by atoms with Crippen molar-refractivity contribution in [1.29, 1.82) is 0 Å². The minimum Gasteiger partial charge on any atom is -0.381 e. The molecule has 0 unspecified atom stereocenters. The number of hydrogen-bond donors (Lipinski definition) is 2. The molecule has 0 bridgehead atoms. The molecular formula is C18H28Cl2N2O2. The summed E-state index contributed by atoms with van der Waals surface area (Å²) in [5, 5.41) is 3.79. The Morgan fingerprint density at radius 3 is 2.54 bits per heavy atom. The molecule has 0 saturated carbocycles. The summed E-state index contributed by atoms with van der Waals surface area (Å²) in [5.74, 6) is 0.313. The van der Waals surface area contributed by atoms with E-state index in [1.54, 1.807) is 0 Å². The highest BCUT2D eigenvalue weighted by Crippen LogP contribution is 2.38. The van der Waals surface area contributed by atoms with Crippen LogP contribution in [0, 0.1) is 5.92 Å². The van der Waals surface area contributed by atoms with Gasteiger partial charge in [-0.3, -0.25) is 4.79 Å². The summed E-state index contributed by atoms with van der Waals surface area (Å²) < 4.78 is 5.51. The lowest BCUT2D eigenvalue weighted by molar-refractivity contribution is -0.123. The molecule has 0 aliphatic carbocycles. The van der Waals surface area contributed by atoms with E-state index < -0.39 is 6.04 Å². The van der Waals surface area contributed by atoms with E-state index in [0.29, 0.717) is 32.1 Å². The minimum absolute atomic E-state index is 0. The first-order valence-electron chi connectivity index (χ1n) is 8.31. The van der Waals surface area contributed by atoms with Gasteiger partial charge in [0.1, 0.15) is 0 Å². The van der Waals surface area contributed by atoms with E-state index >= 15 is 0 Å². The van der Waals surface area contributed by atoms with E-state index in [4.69, 9.17) is 22.1 Å². The second-order valence-electron chi connectivity index (χ2n) is 6.83. The Balaban J connectivity index is 0.00000288. The van der Waals surface area contributed by atoms with Gasteiger partial charge in [0.15, 0.2) is 0 Å². The molecule has 1 fully saturated rings. The van der Waals surface area contributed by atoms with Gasteiger partial charge in [0.25, 0.3) is 0 Å². The van der Waals surface area contributed by atoms with Crippen molar-refractivity contribution < 1.29 is 9.53 Å². The van der Waals surface area contributed by atoms with Crippen molar-refractivity contribution in [3.8, 4) is 0 Å². The average molecular weight is 375 g/mol. The number of nitrogens with one attached hydrogen (secondary N) is 1. The van der Waals surface area contributed by atoms with Crippen LogP contribution in [0.5, 0.6) is 0 Å². The van der Waals surface area contributed by atoms with Crippen molar-refractivity contribution >= 4 is 29.9 Å². The lowest BCUT2D eigenvalue weighted by Crippen LogP contribution is -2.49. The molecule has 1 saturated heterocycles. The maximum atomic E-state index is 12.3. The smallest absolute Gasteiger partial charge is 0.236 e. The molecule has 3 N–H and O–H groups in total. The average Bonchev–Trinajstić information content (AvgIpc) is 2.53. The van der Waals surface area contributed by atoms with Crippen LogP contribution >= 0.6 is 24.0 Å². The molecule has 2 rings (SSSR count). The molecule has 6 heteroatoms. The fourth-order valence-corrected chi connectivity index (χ4v) is 3.53. The monoisotopic (exact) mass is 374 g/mol. The largest absolute Gasteiger partial charge is 0.381 e. The molecule has 0 aromatic heterocycles. The van der Waals surface area contributed by atoms with Crippen LogP contribution in [0.3, 0.4) is 0 Å². The van der Waals surface area contributed by atoms with Gasteiger partial charge < -0.3 is 15.8 Å². The number of benzene rings is 1. The summed E-state index contributed by atoms with van der Waals surface area (Å²) in [6, 6.07) is 7.41. The molecule has 1 aromatic rings. The van der Waals surface area contributed by atoms with Crippen LogP contribution in [0.1, 0.15) is 38.7 Å². The molecule has 1 aliphatic rings. The number of rotatable bonds is 6. The Bertz CT molecular complexity index is 532. The van der Waals surface area contributed by atoms with Crippen LogP contribution in [0.15, 0.2) is 24.3 Å². The number of nitrogens with two attached hydrogens (primary N) is 1. The Labute approximate surface area is 155 Å². The highest BCUT2D eigenvalue weighted by Gasteiger charge is 2.36. The van der Waals surface area contributed by atoms with Crippen molar-refractivity contribution in [1.82, 2.24) is 5.32 Å². The Hall–Kier alpha value is -0.810. The van der Waals surface area contributed by atoms with E-state index in [1.165, 1.54) is 0 Å². The maximum Gasteiger partial charge on any atom is 0.236 e. The van der Waals surface area contributed by atoms with Gasteiger partial charge in [0.05, 0.1) is 6.04 Å². The third-order valence-electron chi connectivity index (χ3n) is 4.56. The van der Waals surface area contributed by atoms with Gasteiger partial charge >= 0.3 is 0 Å². The van der Waals surface area contributed by atoms with Gasteiger partial charge in [-0.25, -0.2) is 0 Å². The van der Waals surface area contributed by atoms with Gasteiger partial charge in [0, 0.05) is 30.2 Å². The molecule has 24 heavy (non-hydrogen) atoms. The summed E-state index contributed by atoms with van der Waals surface area (Å²) in [7, 11) is 0. The van der Waals surface area contributed by atoms with E-state index in [2.05, 4.69) is 19.2 Å². The summed E-state index contributed by atoms with van der Waals surface area (Å²) in [5.41, 5.74) is 6.89. The minimum atomic E-state index is -0.460. The molecule has 4 nitrogen and oxygen atoms in total. The lowest BCUT2D eigenvalue weighted by atomic mass is 9.74. The van der Waals surface area contributed by atoms with Crippen molar-refractivity contribution in [2.24, 2.45) is 11.7 Å². The molecule has 0 radical (unpaired) electrons. The molecule has 0 spiro atoms. The fourth-order valence-electron chi connectivity index (χ4n) is 3.20. The van der Waals surface area contributed by atoms with Crippen LogP contribution in [0.4, 0.5) is 0 Å². The highest BCUT2D eigenvalue weighted by molar-refractivity contribution is 6.31. The molecule has 1 atom stereocenters. The van der Waals surface area contributed by atoms with Gasteiger partial charge in [-0.05, 0) is 36.8 Å². The number of carbonyl (C=O) groups excluding carboxylic acids is 1. The predicted molar refractivity (Wildman–Crippen MR) is 101 cm³/mol. The molecule has 1 heterocycles. The van der Waals surface area contributed by atoms with Crippen LogP contribution in [0.25, 0.3) is 0 Å². The Kier molecular flexibility index (Phi) is 8.51. The first-order valence-corrected chi connectivity index (χ1v) is 8.68. The summed E-state index contributed by atoms with van der Waals surface area (Å²) in [6.07, 6.45) is 2.38. The number of ether oxygens (including phenoxy) is 1. The SMILES string of the molecule is CC(C)C[C@H](N)C(=O)NCC1(c2ccccc2Cl)CCOCC1.Cl. The summed E-state index contributed by atoms with van der Waals surface area (Å²) in [6.45, 7) is 6.04. The lowest BCUT2D eigenvalue weighted by Gasteiger charge is -2.38. The van der Waals surface area contributed by atoms with Gasteiger partial charge in [-0.1, -0.05) is 43.6 Å². The van der Waals surface area contributed by atoms with Crippen LogP contribution < -0.4 is 11.1 Å². The van der Waals surface area contributed by atoms with Gasteiger partial charge in [0.2, 0.25) is 5.91 Å². The number of halogens is 2. The van der Waals surface area contributed by atoms with Crippen LogP contribution in [-0.4, -0.2) is 31.7 Å². The zero-order chi connectivity index (χ0) is 16.9. The normalized spacial score (nSPS) is 17.9. The van der Waals surface area contributed by atoms with Gasteiger partial charge in [-0.2, -0.15) is 0 Å². The molecule has 1 aliphatic heterocycles. The third kappa shape index (κ3) is 5.35. The van der Waals surface area contributed by atoms with Crippen molar-refractivity contribution in [2.75, 3.05) is 19.8 Å². The van der Waals surface area contributed by atoms with Crippen LogP contribution in [-0.2, 0) is 14.9 Å². The van der Waals surface area contributed by atoms with E-state index in [-0.39, 0.29) is 23.7 Å². The maximum absolute atomic E-state index is 12.3. The second-order valence-corrected chi connectivity index (χ2v) is 7.23. The van der Waals surface area contributed by atoms with Crippen LogP contribution in [0.2, 0.25) is 5.02 Å². The van der Waals surface area contributed by atoms with Crippen molar-refractivity contribution in [3.63, 3.8) is 0 Å². The second kappa shape index (κ2) is 9.62. The fraction of sp³-hybridized carbons (Fsp3) is 0.611. The molecule has 1 amide bonds. The van der Waals surface area contributed by atoms with Crippen molar-refractivity contribution in [2.45, 2.75) is 44.6 Å².